The number of rotatable bonds is 6. The first-order valence-corrected chi connectivity index (χ1v) is 12.8. The topological polar surface area (TPSA) is 139 Å². The van der Waals surface area contributed by atoms with Crippen LogP contribution >= 0.6 is 0 Å². The van der Waals surface area contributed by atoms with Crippen LogP contribution in [0.1, 0.15) is 12.0 Å². The zero-order chi connectivity index (χ0) is 26.2. The van der Waals surface area contributed by atoms with Gasteiger partial charge in [-0.05, 0) is 35.7 Å². The molecule has 0 radical (unpaired) electrons. The van der Waals surface area contributed by atoms with Crippen LogP contribution in [0, 0.1) is 10.1 Å². The third-order valence-corrected chi connectivity index (χ3v) is 7.14. The molecule has 0 aliphatic carbocycles. The van der Waals surface area contributed by atoms with E-state index >= 15 is 0 Å². The van der Waals surface area contributed by atoms with E-state index in [0.717, 1.165) is 10.8 Å². The largest absolute Gasteiger partial charge is 0.323 e. The second-order valence-corrected chi connectivity index (χ2v) is 10.2. The van der Waals surface area contributed by atoms with E-state index in [9.17, 15) is 28.1 Å². The molecule has 0 aromatic heterocycles. The van der Waals surface area contributed by atoms with Gasteiger partial charge in [0.05, 0.1) is 16.3 Å². The van der Waals surface area contributed by atoms with Gasteiger partial charge in [0.15, 0.2) is 0 Å². The summed E-state index contributed by atoms with van der Waals surface area (Å²) >= 11 is 0. The maximum Gasteiger partial charge on any atom is 0.273 e. The van der Waals surface area contributed by atoms with Gasteiger partial charge in [-0.1, -0.05) is 48.5 Å². The van der Waals surface area contributed by atoms with Crippen molar-refractivity contribution in [3.63, 3.8) is 0 Å². The Labute approximate surface area is 211 Å². The molecule has 0 saturated heterocycles. The maximum atomic E-state index is 13.0. The molecule has 0 fully saturated rings. The van der Waals surface area contributed by atoms with Gasteiger partial charge in [-0.2, -0.15) is 0 Å². The molecule has 1 aliphatic rings. The molecule has 2 N–H and O–H groups in total. The van der Waals surface area contributed by atoms with Gasteiger partial charge in [0, 0.05) is 28.4 Å². The third-order valence-electron chi connectivity index (χ3n) is 5.91. The number of hydrogen-bond donors (Lipinski definition) is 2. The zero-order valence-electron chi connectivity index (χ0n) is 19.2. The van der Waals surface area contributed by atoms with E-state index in [0.29, 0.717) is 17.1 Å². The lowest BCUT2D eigenvalue weighted by Gasteiger charge is -2.23. The fourth-order valence-electron chi connectivity index (χ4n) is 4.31. The fraction of sp³-hybridized carbons (Fsp3) is 0.0769. The normalized spacial score (nSPS) is 13.6. The summed E-state index contributed by atoms with van der Waals surface area (Å²) in [5.74, 6) is -1.44. The number of fused-ring (bicyclic) bond motifs is 3. The van der Waals surface area contributed by atoms with E-state index in [1.54, 1.807) is 18.2 Å². The predicted octanol–water partition coefficient (Wildman–Crippen LogP) is 4.70. The number of nitro benzene ring substituents is 1. The molecule has 0 saturated carbocycles. The minimum Gasteiger partial charge on any atom is -0.323 e. The Morgan fingerprint density at radius 2 is 1.62 bits per heavy atom. The summed E-state index contributed by atoms with van der Waals surface area (Å²) in [6.45, 7) is 0. The van der Waals surface area contributed by atoms with Crippen molar-refractivity contribution in [2.45, 2.75) is 12.2 Å². The van der Waals surface area contributed by atoms with Crippen molar-refractivity contribution in [1.82, 2.24) is 0 Å². The molecule has 0 spiro atoms. The van der Waals surface area contributed by atoms with Gasteiger partial charge in [-0.25, -0.2) is 8.42 Å². The second kappa shape index (κ2) is 9.36. The van der Waals surface area contributed by atoms with Crippen LogP contribution in [0.15, 0.2) is 84.9 Å². The Morgan fingerprint density at radius 1 is 0.919 bits per heavy atom. The van der Waals surface area contributed by atoms with Crippen molar-refractivity contribution < 1.29 is 22.9 Å². The van der Waals surface area contributed by atoms with Crippen molar-refractivity contribution in [1.29, 1.82) is 0 Å². The van der Waals surface area contributed by atoms with Crippen molar-refractivity contribution >= 4 is 61.0 Å². The predicted molar refractivity (Wildman–Crippen MR) is 140 cm³/mol. The van der Waals surface area contributed by atoms with Gasteiger partial charge in [0.25, 0.3) is 5.69 Å². The fourth-order valence-corrected chi connectivity index (χ4v) is 5.53. The molecule has 4 aromatic rings. The first-order chi connectivity index (χ1) is 17.7. The quantitative estimate of drug-likeness (QED) is 0.216. The van der Waals surface area contributed by atoms with Crippen molar-refractivity contribution in [2.24, 2.45) is 0 Å². The number of amides is 2. The molecule has 186 valence electrons. The summed E-state index contributed by atoms with van der Waals surface area (Å²) in [5.41, 5.74) is 1.46. The van der Waals surface area contributed by atoms with E-state index in [-0.39, 0.29) is 23.4 Å². The lowest BCUT2D eigenvalue weighted by molar-refractivity contribution is -0.385. The van der Waals surface area contributed by atoms with E-state index in [4.69, 9.17) is 0 Å². The molecule has 37 heavy (non-hydrogen) atoms. The van der Waals surface area contributed by atoms with Crippen LogP contribution < -0.4 is 14.9 Å². The first-order valence-electron chi connectivity index (χ1n) is 11.2. The molecule has 0 atom stereocenters. The molecule has 1 heterocycles. The summed E-state index contributed by atoms with van der Waals surface area (Å²) in [4.78, 5) is 37.5. The van der Waals surface area contributed by atoms with Crippen LogP contribution in [0.25, 0.3) is 10.8 Å². The lowest BCUT2D eigenvalue weighted by Crippen LogP contribution is -2.26. The minimum atomic E-state index is -3.97. The van der Waals surface area contributed by atoms with Gasteiger partial charge in [-0.15, -0.1) is 0 Å². The standard InChI is InChI=1S/C26H20N4O6S/c31-24-15-25(32)29(23-14-9-17-5-1-3-7-21(17)26(23)27-24)20-12-10-19(11-13-20)28-37(35,36)16-18-6-2-4-8-22(18)30(33)34/h1-14,28H,15-16H2,(H,27,31). The number of nitrogens with one attached hydrogen (secondary N) is 2. The molecule has 4 aromatic carbocycles. The summed E-state index contributed by atoms with van der Waals surface area (Å²) in [6, 6.07) is 22.8. The van der Waals surface area contributed by atoms with Crippen LogP contribution in [-0.2, 0) is 25.4 Å². The number of para-hydroxylation sites is 1. The van der Waals surface area contributed by atoms with Crippen LogP contribution in [-0.4, -0.2) is 25.2 Å². The highest BCUT2D eigenvalue weighted by atomic mass is 32.2. The summed E-state index contributed by atoms with van der Waals surface area (Å²) in [5, 5.41) is 15.7. The lowest BCUT2D eigenvalue weighted by atomic mass is 10.1. The molecular formula is C26H20N4O6S. The van der Waals surface area contributed by atoms with E-state index in [1.807, 2.05) is 30.3 Å². The summed E-state index contributed by atoms with van der Waals surface area (Å²) in [7, 11) is -3.97. The number of benzene rings is 4. The van der Waals surface area contributed by atoms with Gasteiger partial charge in [-0.3, -0.25) is 29.3 Å². The van der Waals surface area contributed by atoms with E-state index in [2.05, 4.69) is 10.0 Å². The highest BCUT2D eigenvalue weighted by molar-refractivity contribution is 7.91. The minimum absolute atomic E-state index is 0.0628. The van der Waals surface area contributed by atoms with Crippen LogP contribution in [0.5, 0.6) is 0 Å². The number of sulfonamides is 1. The highest BCUT2D eigenvalue weighted by Crippen LogP contribution is 2.40. The number of nitro groups is 1. The molecule has 0 bridgehead atoms. The third kappa shape index (κ3) is 4.84. The molecule has 2 amide bonds. The molecule has 0 unspecified atom stereocenters. The summed E-state index contributed by atoms with van der Waals surface area (Å²) < 4.78 is 27.8. The Bertz CT molecular complexity index is 1670. The number of carbonyl (C=O) groups is 2. The van der Waals surface area contributed by atoms with Crippen LogP contribution in [0.2, 0.25) is 0 Å². The Kier molecular flexibility index (Phi) is 6.06. The molecular weight excluding hydrogens is 496 g/mol. The Morgan fingerprint density at radius 3 is 2.38 bits per heavy atom. The second-order valence-electron chi connectivity index (χ2n) is 8.43. The Hall–Kier alpha value is -4.77. The number of nitrogens with zero attached hydrogens (tertiary/aromatic N) is 2. The van der Waals surface area contributed by atoms with Crippen molar-refractivity contribution in [2.75, 3.05) is 14.9 Å². The highest BCUT2D eigenvalue weighted by Gasteiger charge is 2.29. The maximum absolute atomic E-state index is 13.0. The average molecular weight is 517 g/mol. The smallest absolute Gasteiger partial charge is 0.273 e. The number of anilines is 4. The van der Waals surface area contributed by atoms with E-state index in [1.165, 1.54) is 41.3 Å². The number of carbonyl (C=O) groups excluding carboxylic acids is 2. The van der Waals surface area contributed by atoms with Gasteiger partial charge in [0.2, 0.25) is 21.8 Å². The van der Waals surface area contributed by atoms with Crippen molar-refractivity contribution in [3.8, 4) is 0 Å². The van der Waals surface area contributed by atoms with Gasteiger partial charge >= 0.3 is 0 Å². The molecule has 10 nitrogen and oxygen atoms in total. The SMILES string of the molecule is O=C1CC(=O)N(c2ccc(NS(=O)(=O)Cc3ccccc3[N+](=O)[O-])cc2)c2ccc3ccccc3c2N1. The molecule has 1 aliphatic heterocycles. The number of hydrogen-bond acceptors (Lipinski definition) is 6. The summed E-state index contributed by atoms with van der Waals surface area (Å²) in [6.07, 6.45) is -0.354. The van der Waals surface area contributed by atoms with Gasteiger partial charge in [0.1, 0.15) is 12.2 Å². The average Bonchev–Trinajstić information content (AvgIpc) is 2.99. The van der Waals surface area contributed by atoms with Crippen LogP contribution in [0.3, 0.4) is 0 Å². The van der Waals surface area contributed by atoms with Crippen LogP contribution in [0.4, 0.5) is 28.4 Å². The zero-order valence-corrected chi connectivity index (χ0v) is 20.1. The van der Waals surface area contributed by atoms with E-state index < -0.39 is 32.5 Å². The molecule has 5 rings (SSSR count). The van der Waals surface area contributed by atoms with Gasteiger partial charge < -0.3 is 5.32 Å². The monoisotopic (exact) mass is 516 g/mol. The first kappa shape index (κ1) is 23.9. The van der Waals surface area contributed by atoms with Crippen molar-refractivity contribution in [3.05, 3.63) is 101 Å². The Balaban J connectivity index is 1.44. The molecule has 11 heteroatoms.